The van der Waals surface area contributed by atoms with Crippen molar-refractivity contribution in [2.45, 2.75) is 0 Å². The van der Waals surface area contributed by atoms with E-state index in [0.717, 1.165) is 88.7 Å². The summed E-state index contributed by atoms with van der Waals surface area (Å²) in [6.07, 6.45) is 0. The van der Waals surface area contributed by atoms with Crippen LogP contribution in [0.25, 0.3) is 77.8 Å². The minimum absolute atomic E-state index is 0.484. The van der Waals surface area contributed by atoms with Gasteiger partial charge in [0.2, 0.25) is 0 Å². The maximum absolute atomic E-state index is 19.3. The molecule has 64 heavy (non-hydrogen) atoms. The second kappa shape index (κ2) is 15.0. The maximum Gasteiger partial charge on any atom is 0.738 e. The normalized spacial score (nSPS) is 13.8. The average Bonchev–Trinajstić information content (AvgIpc) is 3.89. The fourth-order valence-corrected chi connectivity index (χ4v) is 10.2. The van der Waals surface area contributed by atoms with E-state index in [9.17, 15) is 0 Å². The van der Waals surface area contributed by atoms with Crippen LogP contribution < -0.4 is 0 Å². The van der Waals surface area contributed by atoms with Gasteiger partial charge in [0.05, 0.1) is 16.7 Å². The van der Waals surface area contributed by atoms with Crippen molar-refractivity contribution in [3.05, 3.63) is 265 Å². The largest absolute Gasteiger partial charge is 0.738 e. The number of halogens is 2. The summed E-state index contributed by atoms with van der Waals surface area (Å²) in [7, 11) is 0. The van der Waals surface area contributed by atoms with E-state index in [4.69, 9.17) is 0 Å². The van der Waals surface area contributed by atoms with Crippen LogP contribution in [0.1, 0.15) is 27.9 Å². The Bertz CT molecular complexity index is 3460. The summed E-state index contributed by atoms with van der Waals surface area (Å²) in [5, 5.41) is 1.53. The van der Waals surface area contributed by atoms with E-state index in [1.807, 2.05) is 152 Å². The SMILES string of the molecule is F[B-]1(F)n2c(c3cc(-c4ccccc4)c(-c4ccccc4)cc3c2-c2ccccc2)C(c2ccccc2)=C2c3cc(-c4ccccc4)c(-c4ccccc4)cc3C(c3ccccc3)=[N+]21. The minimum atomic E-state index is -4.59. The molecule has 0 radical (unpaired) electrons. The second-order valence-electron chi connectivity index (χ2n) is 16.5. The molecule has 9 aromatic carbocycles. The Morgan fingerprint density at radius 1 is 0.312 bits per heavy atom. The first-order valence-corrected chi connectivity index (χ1v) is 21.8. The number of benzene rings is 9. The summed E-state index contributed by atoms with van der Waals surface area (Å²) < 4.78 is 41.4. The molecule has 0 aliphatic carbocycles. The standard InChI is InChI=1S/C59H39BF2N2/c61-60(62)63-56(45-32-18-6-19-33-45)51-36-47(40-22-8-1-9-23-40)49(42-26-12-3-13-27-42)38-53(51)58(63)55(44-30-16-5-17-31-44)59-54-39-50(43-28-14-4-15-29-43)48(41-24-10-2-11-25-41)37-52(54)57(64(59)60)46-34-20-7-21-35-46/h1-39H. The molecule has 0 spiro atoms. The molecule has 0 N–H and O–H groups in total. The van der Waals surface area contributed by atoms with Crippen LogP contribution in [0.2, 0.25) is 0 Å². The third-order valence-corrected chi connectivity index (χ3v) is 12.9. The zero-order valence-corrected chi connectivity index (χ0v) is 34.7. The van der Waals surface area contributed by atoms with Crippen molar-refractivity contribution in [2.75, 3.05) is 0 Å². The molecule has 3 heterocycles. The highest BCUT2D eigenvalue weighted by atomic mass is 19.2. The van der Waals surface area contributed by atoms with Crippen molar-refractivity contribution in [3.8, 4) is 55.8 Å². The Balaban J connectivity index is 1.30. The molecule has 0 saturated heterocycles. The van der Waals surface area contributed by atoms with Crippen LogP contribution in [-0.2, 0) is 0 Å². The van der Waals surface area contributed by atoms with E-state index >= 15 is 8.63 Å². The van der Waals surface area contributed by atoms with Gasteiger partial charge in [0.15, 0.2) is 11.4 Å². The Labute approximate surface area is 371 Å². The van der Waals surface area contributed by atoms with E-state index in [2.05, 4.69) is 84.9 Å². The lowest BCUT2D eigenvalue weighted by Crippen LogP contribution is -2.51. The molecule has 0 saturated carbocycles. The summed E-state index contributed by atoms with van der Waals surface area (Å²) in [5.41, 5.74) is 14.5. The van der Waals surface area contributed by atoms with Gasteiger partial charge in [-0.15, -0.1) is 0 Å². The number of aromatic nitrogens is 1. The average molecular weight is 825 g/mol. The minimum Gasteiger partial charge on any atom is -0.389 e. The summed E-state index contributed by atoms with van der Waals surface area (Å²) in [6.45, 7) is -4.59. The highest BCUT2D eigenvalue weighted by molar-refractivity contribution is 6.61. The molecule has 302 valence electrons. The zero-order valence-electron chi connectivity index (χ0n) is 34.7. The molecule has 1 aromatic heterocycles. The van der Waals surface area contributed by atoms with Crippen molar-refractivity contribution in [1.82, 2.24) is 4.48 Å². The van der Waals surface area contributed by atoms with Crippen molar-refractivity contribution >= 4 is 34.7 Å². The Morgan fingerprint density at radius 2 is 0.641 bits per heavy atom. The molecule has 2 aliphatic rings. The van der Waals surface area contributed by atoms with Crippen LogP contribution in [0.15, 0.2) is 237 Å². The highest BCUT2D eigenvalue weighted by Crippen LogP contribution is 2.54. The Morgan fingerprint density at radius 3 is 1.06 bits per heavy atom. The van der Waals surface area contributed by atoms with Gasteiger partial charge in [-0.3, -0.25) is 0 Å². The van der Waals surface area contributed by atoms with Gasteiger partial charge in [-0.25, -0.2) is 0 Å². The zero-order chi connectivity index (χ0) is 42.8. The van der Waals surface area contributed by atoms with Crippen LogP contribution in [-0.4, -0.2) is 21.6 Å². The lowest BCUT2D eigenvalue weighted by atomic mass is 9.82. The molecule has 2 aliphatic heterocycles. The van der Waals surface area contributed by atoms with Gasteiger partial charge in [0.1, 0.15) is 0 Å². The van der Waals surface area contributed by atoms with E-state index in [1.165, 1.54) is 8.96 Å². The van der Waals surface area contributed by atoms with Gasteiger partial charge in [0, 0.05) is 27.7 Å². The van der Waals surface area contributed by atoms with Gasteiger partial charge in [-0.2, -0.15) is 0 Å². The van der Waals surface area contributed by atoms with Gasteiger partial charge in [-0.1, -0.05) is 200 Å². The molecule has 0 amide bonds. The molecular formula is C59H39BF2N2. The Hall–Kier alpha value is -8.15. The molecule has 0 bridgehead atoms. The van der Waals surface area contributed by atoms with E-state index in [0.29, 0.717) is 22.8 Å². The molecule has 10 aromatic rings. The predicted octanol–water partition coefficient (Wildman–Crippen LogP) is 15.0. The first kappa shape index (κ1) is 37.6. The third kappa shape index (κ3) is 5.89. The molecule has 0 atom stereocenters. The molecule has 5 heteroatoms. The second-order valence-corrected chi connectivity index (χ2v) is 16.5. The summed E-state index contributed by atoms with van der Waals surface area (Å²) in [6, 6.07) is 79.4. The summed E-state index contributed by atoms with van der Waals surface area (Å²) in [5.74, 6) is 0. The smallest absolute Gasteiger partial charge is 0.389 e. The number of fused-ring (bicyclic) bond motifs is 6. The van der Waals surface area contributed by atoms with Crippen LogP contribution in [0, 0.1) is 0 Å². The van der Waals surface area contributed by atoms with E-state index < -0.39 is 6.97 Å². The van der Waals surface area contributed by atoms with Gasteiger partial charge in [-0.05, 0) is 92.0 Å². The first-order valence-electron chi connectivity index (χ1n) is 21.8. The van der Waals surface area contributed by atoms with Crippen LogP contribution in [0.5, 0.6) is 0 Å². The monoisotopic (exact) mass is 824 g/mol. The number of nitrogens with zero attached hydrogens (tertiary/aromatic N) is 2. The molecular weight excluding hydrogens is 785 g/mol. The predicted molar refractivity (Wildman–Crippen MR) is 261 cm³/mol. The number of hydrogen-bond donors (Lipinski definition) is 0. The van der Waals surface area contributed by atoms with Gasteiger partial charge >= 0.3 is 6.97 Å². The fraction of sp³-hybridized carbons (Fsp3) is 0. The van der Waals surface area contributed by atoms with Crippen LogP contribution >= 0.6 is 0 Å². The third-order valence-electron chi connectivity index (χ3n) is 12.9. The van der Waals surface area contributed by atoms with Crippen molar-refractivity contribution in [3.63, 3.8) is 0 Å². The lowest BCUT2D eigenvalue weighted by molar-refractivity contribution is -0.317. The number of hydrogen-bond acceptors (Lipinski definition) is 0. The first-order chi connectivity index (χ1) is 31.6. The molecule has 0 unspecified atom stereocenters. The van der Waals surface area contributed by atoms with Crippen molar-refractivity contribution in [2.24, 2.45) is 0 Å². The summed E-state index contributed by atoms with van der Waals surface area (Å²) in [4.78, 5) is 0. The Kier molecular flexibility index (Phi) is 8.84. The quantitative estimate of drug-likeness (QED) is 0.142. The molecule has 12 rings (SSSR count). The maximum atomic E-state index is 19.3. The van der Waals surface area contributed by atoms with Crippen molar-refractivity contribution in [1.29, 1.82) is 0 Å². The fourth-order valence-electron chi connectivity index (χ4n) is 10.2. The summed E-state index contributed by atoms with van der Waals surface area (Å²) >= 11 is 0. The van der Waals surface area contributed by atoms with Crippen molar-refractivity contribution < 1.29 is 13.1 Å². The van der Waals surface area contributed by atoms with E-state index in [-0.39, 0.29) is 0 Å². The lowest BCUT2D eigenvalue weighted by Gasteiger charge is -2.34. The highest BCUT2D eigenvalue weighted by Gasteiger charge is 2.58. The molecule has 0 fully saturated rings. The van der Waals surface area contributed by atoms with Crippen LogP contribution in [0.3, 0.4) is 0 Å². The van der Waals surface area contributed by atoms with Gasteiger partial charge < -0.3 is 17.6 Å². The van der Waals surface area contributed by atoms with Crippen LogP contribution in [0.4, 0.5) is 8.63 Å². The van der Waals surface area contributed by atoms with Gasteiger partial charge in [0.25, 0.3) is 0 Å². The molecule has 2 nitrogen and oxygen atoms in total. The topological polar surface area (TPSA) is 7.94 Å². The number of rotatable bonds is 7. The van der Waals surface area contributed by atoms with E-state index in [1.54, 1.807) is 0 Å².